The predicted molar refractivity (Wildman–Crippen MR) is 82.2 cm³/mol. The van der Waals surface area contributed by atoms with Gasteiger partial charge in [0.15, 0.2) is 0 Å². The summed E-state index contributed by atoms with van der Waals surface area (Å²) < 4.78 is 0. The fourth-order valence-electron chi connectivity index (χ4n) is 3.84. The maximum absolute atomic E-state index is 6.55. The molecule has 1 saturated heterocycles. The maximum atomic E-state index is 6.55. The quantitative estimate of drug-likeness (QED) is 0.850. The molecule has 0 aromatic heterocycles. The summed E-state index contributed by atoms with van der Waals surface area (Å²) in [4.78, 5) is 5.28. The highest BCUT2D eigenvalue weighted by molar-refractivity contribution is 4.97. The zero-order valence-corrected chi connectivity index (χ0v) is 13.4. The topological polar surface area (TPSA) is 32.5 Å². The van der Waals surface area contributed by atoms with Gasteiger partial charge in [0, 0.05) is 44.8 Å². The molecule has 0 aromatic carbocycles. The third-order valence-electron chi connectivity index (χ3n) is 5.14. The SMILES string of the molecule is CC(C)CN1CCN(C2CCCC(C)(C)C2N)CC1. The molecular weight excluding hydrogens is 234 g/mol. The molecule has 1 heterocycles. The molecule has 2 atom stereocenters. The predicted octanol–water partition coefficient (Wildman–Crippen LogP) is 2.17. The minimum absolute atomic E-state index is 0.317. The number of nitrogens with zero attached hydrogens (tertiary/aromatic N) is 2. The smallest absolute Gasteiger partial charge is 0.0253 e. The van der Waals surface area contributed by atoms with Crippen LogP contribution < -0.4 is 5.73 Å². The first-order chi connectivity index (χ1) is 8.90. The summed E-state index contributed by atoms with van der Waals surface area (Å²) >= 11 is 0. The van der Waals surface area contributed by atoms with Crippen LogP contribution in [0, 0.1) is 11.3 Å². The molecule has 3 heteroatoms. The van der Waals surface area contributed by atoms with Gasteiger partial charge in [0.1, 0.15) is 0 Å². The van der Waals surface area contributed by atoms with Crippen molar-refractivity contribution in [2.75, 3.05) is 32.7 Å². The van der Waals surface area contributed by atoms with Crippen molar-refractivity contribution >= 4 is 0 Å². The van der Waals surface area contributed by atoms with Crippen molar-refractivity contribution in [3.8, 4) is 0 Å². The molecule has 0 aromatic rings. The van der Waals surface area contributed by atoms with Gasteiger partial charge >= 0.3 is 0 Å². The summed E-state index contributed by atoms with van der Waals surface area (Å²) in [5.41, 5.74) is 6.87. The summed E-state index contributed by atoms with van der Waals surface area (Å²) in [6.07, 6.45) is 3.93. The highest BCUT2D eigenvalue weighted by Gasteiger charge is 2.39. The van der Waals surface area contributed by atoms with Gasteiger partial charge in [-0.1, -0.05) is 34.1 Å². The van der Waals surface area contributed by atoms with Gasteiger partial charge in [0.05, 0.1) is 0 Å². The fraction of sp³-hybridized carbons (Fsp3) is 1.00. The Morgan fingerprint density at radius 3 is 2.37 bits per heavy atom. The van der Waals surface area contributed by atoms with Crippen LogP contribution in [0.1, 0.15) is 47.0 Å². The van der Waals surface area contributed by atoms with Crippen LogP contribution in [0.4, 0.5) is 0 Å². The van der Waals surface area contributed by atoms with E-state index in [0.717, 1.165) is 5.92 Å². The third kappa shape index (κ3) is 3.71. The first kappa shape index (κ1) is 15.3. The molecule has 0 radical (unpaired) electrons. The van der Waals surface area contributed by atoms with Crippen molar-refractivity contribution in [3.05, 3.63) is 0 Å². The van der Waals surface area contributed by atoms with Crippen molar-refractivity contribution in [2.45, 2.75) is 59.0 Å². The second kappa shape index (κ2) is 6.11. The summed E-state index contributed by atoms with van der Waals surface area (Å²) in [5.74, 6) is 0.780. The van der Waals surface area contributed by atoms with Gasteiger partial charge in [-0.3, -0.25) is 4.90 Å². The van der Waals surface area contributed by atoms with Crippen LogP contribution in [0.2, 0.25) is 0 Å². The Morgan fingerprint density at radius 1 is 1.16 bits per heavy atom. The van der Waals surface area contributed by atoms with Crippen LogP contribution in [0.15, 0.2) is 0 Å². The van der Waals surface area contributed by atoms with Gasteiger partial charge in [0.2, 0.25) is 0 Å². The van der Waals surface area contributed by atoms with Gasteiger partial charge in [-0.05, 0) is 24.2 Å². The van der Waals surface area contributed by atoms with Crippen LogP contribution in [-0.2, 0) is 0 Å². The Morgan fingerprint density at radius 2 is 1.79 bits per heavy atom. The zero-order chi connectivity index (χ0) is 14.0. The molecule has 2 rings (SSSR count). The van der Waals surface area contributed by atoms with Gasteiger partial charge < -0.3 is 10.6 Å². The molecule has 2 fully saturated rings. The standard InChI is InChI=1S/C16H33N3/c1-13(2)12-18-8-10-19(11-9-18)14-6-5-7-16(3,4)15(14)17/h13-15H,5-12,17H2,1-4H3. The molecule has 112 valence electrons. The second-order valence-electron chi connectivity index (χ2n) is 7.70. The number of rotatable bonds is 3. The van der Waals surface area contributed by atoms with E-state index < -0.39 is 0 Å². The molecule has 19 heavy (non-hydrogen) atoms. The first-order valence-corrected chi connectivity index (χ1v) is 8.12. The van der Waals surface area contributed by atoms with Crippen LogP contribution in [0.25, 0.3) is 0 Å². The minimum atomic E-state index is 0.317. The number of hydrogen-bond acceptors (Lipinski definition) is 3. The van der Waals surface area contributed by atoms with E-state index in [1.54, 1.807) is 0 Å². The molecule has 0 bridgehead atoms. The number of hydrogen-bond donors (Lipinski definition) is 1. The van der Waals surface area contributed by atoms with Crippen molar-refractivity contribution in [2.24, 2.45) is 17.1 Å². The lowest BCUT2D eigenvalue weighted by atomic mass is 9.70. The van der Waals surface area contributed by atoms with E-state index in [2.05, 4.69) is 37.5 Å². The van der Waals surface area contributed by atoms with E-state index in [4.69, 9.17) is 5.73 Å². The lowest BCUT2D eigenvalue weighted by Crippen LogP contribution is -2.60. The monoisotopic (exact) mass is 267 g/mol. The van der Waals surface area contributed by atoms with E-state index in [1.165, 1.54) is 52.0 Å². The summed E-state index contributed by atoms with van der Waals surface area (Å²) in [7, 11) is 0. The van der Waals surface area contributed by atoms with Gasteiger partial charge in [-0.2, -0.15) is 0 Å². The van der Waals surface area contributed by atoms with Crippen molar-refractivity contribution in [1.82, 2.24) is 9.80 Å². The molecule has 0 amide bonds. The van der Waals surface area contributed by atoms with E-state index in [9.17, 15) is 0 Å². The molecule has 1 aliphatic heterocycles. The fourth-order valence-corrected chi connectivity index (χ4v) is 3.84. The van der Waals surface area contributed by atoms with Crippen LogP contribution in [0.5, 0.6) is 0 Å². The van der Waals surface area contributed by atoms with Gasteiger partial charge in [-0.25, -0.2) is 0 Å². The molecule has 0 spiro atoms. The maximum Gasteiger partial charge on any atom is 0.0253 e. The third-order valence-corrected chi connectivity index (χ3v) is 5.14. The Bertz CT molecular complexity index is 280. The molecule has 1 aliphatic carbocycles. The molecular formula is C16H33N3. The summed E-state index contributed by atoms with van der Waals surface area (Å²) in [5, 5.41) is 0. The van der Waals surface area contributed by atoms with Crippen LogP contribution in [-0.4, -0.2) is 54.6 Å². The largest absolute Gasteiger partial charge is 0.326 e. The van der Waals surface area contributed by atoms with E-state index in [0.29, 0.717) is 17.5 Å². The van der Waals surface area contributed by atoms with E-state index >= 15 is 0 Å². The van der Waals surface area contributed by atoms with Gasteiger partial charge in [-0.15, -0.1) is 0 Å². The van der Waals surface area contributed by atoms with E-state index in [-0.39, 0.29) is 0 Å². The molecule has 1 saturated carbocycles. The second-order valence-corrected chi connectivity index (χ2v) is 7.70. The van der Waals surface area contributed by atoms with Crippen molar-refractivity contribution < 1.29 is 0 Å². The van der Waals surface area contributed by atoms with Gasteiger partial charge in [0.25, 0.3) is 0 Å². The highest BCUT2D eigenvalue weighted by Crippen LogP contribution is 2.36. The number of piperazine rings is 1. The van der Waals surface area contributed by atoms with E-state index in [1.807, 2.05) is 0 Å². The zero-order valence-electron chi connectivity index (χ0n) is 13.4. The molecule has 2 aliphatic rings. The molecule has 2 unspecified atom stereocenters. The first-order valence-electron chi connectivity index (χ1n) is 8.12. The average molecular weight is 267 g/mol. The molecule has 2 N–H and O–H groups in total. The number of nitrogens with two attached hydrogens (primary N) is 1. The Labute approximate surface area is 119 Å². The molecule has 3 nitrogen and oxygen atoms in total. The summed E-state index contributed by atoms with van der Waals surface area (Å²) in [6.45, 7) is 15.4. The Kier molecular flexibility index (Phi) is 4.91. The van der Waals surface area contributed by atoms with Crippen LogP contribution in [0.3, 0.4) is 0 Å². The van der Waals surface area contributed by atoms with Crippen molar-refractivity contribution in [3.63, 3.8) is 0 Å². The normalized spacial score (nSPS) is 33.8. The van der Waals surface area contributed by atoms with Crippen LogP contribution >= 0.6 is 0 Å². The average Bonchev–Trinajstić information content (AvgIpc) is 2.33. The highest BCUT2D eigenvalue weighted by atomic mass is 15.3. The Balaban J connectivity index is 1.87. The lowest BCUT2D eigenvalue weighted by Gasteiger charge is -2.49. The Hall–Kier alpha value is -0.120. The summed E-state index contributed by atoms with van der Waals surface area (Å²) in [6, 6.07) is 0.961. The van der Waals surface area contributed by atoms with Crippen molar-refractivity contribution in [1.29, 1.82) is 0 Å². The minimum Gasteiger partial charge on any atom is -0.326 e. The lowest BCUT2D eigenvalue weighted by molar-refractivity contribution is 0.0292.